The SMILES string of the molecule is CN1CC[C@]23c4c5ccc(O)c4O[C@H]2[C@@](C)(O)CC[C@H]3[C@H]1C5. The van der Waals surface area contributed by atoms with Crippen LogP contribution >= 0.6 is 0 Å². The zero-order valence-corrected chi connectivity index (χ0v) is 13.2. The van der Waals surface area contributed by atoms with E-state index in [0.717, 1.165) is 32.2 Å². The summed E-state index contributed by atoms with van der Waals surface area (Å²) in [6.45, 7) is 2.94. The van der Waals surface area contributed by atoms with E-state index in [0.29, 0.717) is 17.7 Å². The first-order chi connectivity index (χ1) is 10.4. The molecule has 2 aliphatic carbocycles. The summed E-state index contributed by atoms with van der Waals surface area (Å²) in [5.41, 5.74) is 1.59. The van der Waals surface area contributed by atoms with Gasteiger partial charge in [0.1, 0.15) is 6.10 Å². The van der Waals surface area contributed by atoms with Gasteiger partial charge in [-0.05, 0) is 63.7 Å². The van der Waals surface area contributed by atoms with E-state index in [9.17, 15) is 10.2 Å². The number of phenolic OH excluding ortho intramolecular Hbond substituents is 1. The van der Waals surface area contributed by atoms with Gasteiger partial charge < -0.3 is 19.8 Å². The minimum absolute atomic E-state index is 0.111. The van der Waals surface area contributed by atoms with Crippen molar-refractivity contribution in [3.05, 3.63) is 23.3 Å². The molecule has 118 valence electrons. The summed E-state index contributed by atoms with van der Waals surface area (Å²) in [5.74, 6) is 1.40. The summed E-state index contributed by atoms with van der Waals surface area (Å²) < 4.78 is 6.24. The minimum atomic E-state index is -0.822. The lowest BCUT2D eigenvalue weighted by atomic mass is 9.49. The molecular weight excluding hydrogens is 278 g/mol. The fourth-order valence-corrected chi connectivity index (χ4v) is 6.00. The molecule has 4 nitrogen and oxygen atoms in total. The maximum Gasteiger partial charge on any atom is 0.165 e. The van der Waals surface area contributed by atoms with Crippen molar-refractivity contribution in [1.29, 1.82) is 0 Å². The number of phenols is 1. The average Bonchev–Trinajstić information content (AvgIpc) is 2.83. The number of benzene rings is 1. The molecule has 2 N–H and O–H groups in total. The van der Waals surface area contributed by atoms with Crippen molar-refractivity contribution in [3.63, 3.8) is 0 Å². The smallest absolute Gasteiger partial charge is 0.165 e. The van der Waals surface area contributed by atoms with Gasteiger partial charge in [0.15, 0.2) is 11.5 Å². The third kappa shape index (κ3) is 1.29. The zero-order valence-electron chi connectivity index (χ0n) is 13.2. The van der Waals surface area contributed by atoms with Gasteiger partial charge in [0, 0.05) is 17.0 Å². The van der Waals surface area contributed by atoms with Crippen molar-refractivity contribution >= 4 is 0 Å². The number of aromatic hydroxyl groups is 1. The highest BCUT2D eigenvalue weighted by Crippen LogP contribution is 2.65. The second-order valence-corrected chi connectivity index (χ2v) is 7.99. The molecule has 0 amide bonds. The molecule has 1 aromatic carbocycles. The van der Waals surface area contributed by atoms with E-state index in [1.54, 1.807) is 6.07 Å². The van der Waals surface area contributed by atoms with Crippen molar-refractivity contribution in [2.75, 3.05) is 13.6 Å². The Hall–Kier alpha value is -1.26. The van der Waals surface area contributed by atoms with Gasteiger partial charge in [-0.3, -0.25) is 0 Å². The van der Waals surface area contributed by atoms with Gasteiger partial charge in [0.25, 0.3) is 0 Å². The largest absolute Gasteiger partial charge is 0.504 e. The van der Waals surface area contributed by atoms with E-state index in [-0.39, 0.29) is 17.3 Å². The Morgan fingerprint density at radius 3 is 2.95 bits per heavy atom. The Kier molecular flexibility index (Phi) is 2.28. The van der Waals surface area contributed by atoms with Gasteiger partial charge in [-0.25, -0.2) is 0 Å². The third-order valence-corrected chi connectivity index (χ3v) is 6.92. The summed E-state index contributed by atoms with van der Waals surface area (Å²) in [6.07, 6.45) is 3.63. The number of likely N-dealkylation sites (N-methyl/N-ethyl adjacent to an activating group) is 1. The maximum absolute atomic E-state index is 11.0. The Morgan fingerprint density at radius 1 is 1.32 bits per heavy atom. The molecule has 1 saturated heterocycles. The van der Waals surface area contributed by atoms with Gasteiger partial charge in [0.2, 0.25) is 0 Å². The van der Waals surface area contributed by atoms with Gasteiger partial charge in [0.05, 0.1) is 5.60 Å². The van der Waals surface area contributed by atoms with Gasteiger partial charge in [-0.15, -0.1) is 0 Å². The monoisotopic (exact) mass is 301 g/mol. The minimum Gasteiger partial charge on any atom is -0.504 e. The Balaban J connectivity index is 1.82. The van der Waals surface area contributed by atoms with E-state index in [1.165, 1.54) is 11.1 Å². The van der Waals surface area contributed by atoms with Crippen molar-refractivity contribution < 1.29 is 14.9 Å². The predicted octanol–water partition coefficient (Wildman–Crippen LogP) is 1.81. The number of piperidine rings is 1. The number of likely N-dealkylation sites (tertiary alicyclic amines) is 1. The highest BCUT2D eigenvalue weighted by atomic mass is 16.5. The van der Waals surface area contributed by atoms with Crippen LogP contribution in [0.3, 0.4) is 0 Å². The summed E-state index contributed by atoms with van der Waals surface area (Å²) in [5, 5.41) is 21.3. The molecule has 1 saturated carbocycles. The van der Waals surface area contributed by atoms with Crippen LogP contribution in [-0.4, -0.2) is 46.5 Å². The first-order valence-corrected chi connectivity index (χ1v) is 8.40. The topological polar surface area (TPSA) is 52.9 Å². The van der Waals surface area contributed by atoms with Gasteiger partial charge in [-0.1, -0.05) is 6.07 Å². The van der Waals surface area contributed by atoms with Crippen molar-refractivity contribution in [3.8, 4) is 11.5 Å². The molecule has 2 fully saturated rings. The number of hydrogen-bond acceptors (Lipinski definition) is 4. The standard InChI is InChI=1S/C18H23NO3/c1-17(21)6-5-11-12-9-10-3-4-13(20)15-14(10)18(11,16(17)22-15)7-8-19(12)2/h3-4,11-12,16,20-21H,5-9H2,1-2H3/t11-,12+,16-,17-,18-/m0/s1. The van der Waals surface area contributed by atoms with Crippen LogP contribution in [0.2, 0.25) is 0 Å². The molecule has 4 heteroatoms. The molecule has 2 aliphatic heterocycles. The van der Waals surface area contributed by atoms with Crippen LogP contribution in [0.1, 0.15) is 37.3 Å². The average molecular weight is 301 g/mol. The van der Waals surface area contributed by atoms with Crippen LogP contribution < -0.4 is 4.74 Å². The highest BCUT2D eigenvalue weighted by molar-refractivity contribution is 5.61. The molecule has 2 bridgehead atoms. The fraction of sp³-hybridized carbons (Fsp3) is 0.667. The Labute approximate surface area is 130 Å². The highest BCUT2D eigenvalue weighted by Gasteiger charge is 2.67. The molecule has 2 heterocycles. The third-order valence-electron chi connectivity index (χ3n) is 6.92. The molecule has 0 aromatic heterocycles. The maximum atomic E-state index is 11.0. The normalized spacial score (nSPS) is 45.3. The van der Waals surface area contributed by atoms with Crippen LogP contribution in [0.15, 0.2) is 12.1 Å². The molecule has 5 atom stereocenters. The van der Waals surface area contributed by atoms with E-state index in [1.807, 2.05) is 6.92 Å². The predicted molar refractivity (Wildman–Crippen MR) is 82.3 cm³/mol. The lowest BCUT2D eigenvalue weighted by Crippen LogP contribution is -2.69. The molecule has 0 radical (unpaired) electrons. The Morgan fingerprint density at radius 2 is 2.14 bits per heavy atom. The van der Waals surface area contributed by atoms with Crippen LogP contribution in [0.4, 0.5) is 0 Å². The molecule has 0 unspecified atom stereocenters. The van der Waals surface area contributed by atoms with E-state index >= 15 is 0 Å². The van der Waals surface area contributed by atoms with Crippen molar-refractivity contribution in [2.45, 2.75) is 55.8 Å². The van der Waals surface area contributed by atoms with Crippen molar-refractivity contribution in [1.82, 2.24) is 4.90 Å². The summed E-state index contributed by atoms with van der Waals surface area (Å²) in [7, 11) is 2.22. The number of nitrogens with zero attached hydrogens (tertiary/aromatic N) is 1. The van der Waals surface area contributed by atoms with Gasteiger partial charge in [-0.2, -0.15) is 0 Å². The first kappa shape index (κ1) is 13.2. The van der Waals surface area contributed by atoms with Crippen LogP contribution in [0, 0.1) is 5.92 Å². The van der Waals surface area contributed by atoms with Crippen LogP contribution in [0.5, 0.6) is 11.5 Å². The number of hydrogen-bond donors (Lipinski definition) is 2. The summed E-state index contributed by atoms with van der Waals surface area (Å²) in [4.78, 5) is 2.49. The fourth-order valence-electron chi connectivity index (χ4n) is 6.00. The second-order valence-electron chi connectivity index (χ2n) is 7.99. The molecule has 22 heavy (non-hydrogen) atoms. The second kappa shape index (κ2) is 3.80. The van der Waals surface area contributed by atoms with Gasteiger partial charge >= 0.3 is 0 Å². The molecule has 4 aliphatic rings. The van der Waals surface area contributed by atoms with Crippen LogP contribution in [0.25, 0.3) is 0 Å². The quantitative estimate of drug-likeness (QED) is 0.767. The lowest BCUT2D eigenvalue weighted by molar-refractivity contribution is -0.148. The first-order valence-electron chi connectivity index (χ1n) is 8.40. The summed E-state index contributed by atoms with van der Waals surface area (Å²) in [6, 6.07) is 4.35. The molecular formula is C18H23NO3. The van der Waals surface area contributed by atoms with Crippen molar-refractivity contribution in [2.24, 2.45) is 5.92 Å². The van der Waals surface area contributed by atoms with E-state index in [2.05, 4.69) is 18.0 Å². The van der Waals surface area contributed by atoms with E-state index < -0.39 is 5.60 Å². The zero-order chi connectivity index (χ0) is 15.3. The molecule has 1 spiro atoms. The number of rotatable bonds is 0. The van der Waals surface area contributed by atoms with Crippen LogP contribution in [-0.2, 0) is 11.8 Å². The molecule has 1 aromatic rings. The number of ether oxygens (including phenoxy) is 1. The molecule has 5 rings (SSSR count). The lowest BCUT2D eigenvalue weighted by Gasteiger charge is -2.60. The van der Waals surface area contributed by atoms with E-state index in [4.69, 9.17) is 4.74 Å². The Bertz CT molecular complexity index is 671. The summed E-state index contributed by atoms with van der Waals surface area (Å²) >= 11 is 0. The number of aliphatic hydroxyl groups is 1.